The lowest BCUT2D eigenvalue weighted by Crippen LogP contribution is -2.19. The van der Waals surface area contributed by atoms with Gasteiger partial charge >= 0.3 is 0 Å². The lowest BCUT2D eigenvalue weighted by atomic mass is 10.2. The normalized spacial score (nSPS) is 20.0. The molecule has 2 rings (SSSR count). The van der Waals surface area contributed by atoms with Gasteiger partial charge in [0, 0.05) is 11.3 Å². The Labute approximate surface area is 76.8 Å². The lowest BCUT2D eigenvalue weighted by Gasteiger charge is -2.02. The SMILES string of the molecule is CC(C)c1nc(C2(N)CC2)cs1. The zero-order valence-electron chi connectivity index (χ0n) is 7.50. The maximum atomic E-state index is 6.03. The molecule has 3 heteroatoms. The van der Waals surface area contributed by atoms with Crippen LogP contribution in [0.2, 0.25) is 0 Å². The van der Waals surface area contributed by atoms with Crippen LogP contribution in [0.4, 0.5) is 0 Å². The minimum absolute atomic E-state index is 0.0519. The van der Waals surface area contributed by atoms with Crippen molar-refractivity contribution in [2.75, 3.05) is 0 Å². The number of nitrogens with zero attached hydrogens (tertiary/aromatic N) is 1. The first-order chi connectivity index (χ1) is 5.62. The molecule has 0 spiro atoms. The van der Waals surface area contributed by atoms with E-state index in [4.69, 9.17) is 5.73 Å². The Kier molecular flexibility index (Phi) is 1.73. The number of hydrogen-bond donors (Lipinski definition) is 1. The van der Waals surface area contributed by atoms with Gasteiger partial charge in [0.25, 0.3) is 0 Å². The van der Waals surface area contributed by atoms with E-state index in [9.17, 15) is 0 Å². The lowest BCUT2D eigenvalue weighted by molar-refractivity contribution is 0.703. The van der Waals surface area contributed by atoms with Crippen molar-refractivity contribution < 1.29 is 0 Å². The molecule has 1 aromatic heterocycles. The summed E-state index contributed by atoms with van der Waals surface area (Å²) < 4.78 is 0. The first-order valence-electron chi connectivity index (χ1n) is 4.36. The quantitative estimate of drug-likeness (QED) is 0.761. The first kappa shape index (κ1) is 8.20. The highest BCUT2D eigenvalue weighted by atomic mass is 32.1. The van der Waals surface area contributed by atoms with Crippen molar-refractivity contribution in [2.45, 2.75) is 38.1 Å². The van der Waals surface area contributed by atoms with Crippen LogP contribution in [0.3, 0.4) is 0 Å². The Morgan fingerprint density at radius 3 is 2.67 bits per heavy atom. The number of aromatic nitrogens is 1. The molecule has 0 unspecified atom stereocenters. The van der Waals surface area contributed by atoms with Crippen LogP contribution in [0.1, 0.15) is 43.3 Å². The molecule has 1 saturated carbocycles. The van der Waals surface area contributed by atoms with Gasteiger partial charge in [-0.2, -0.15) is 0 Å². The molecule has 1 aliphatic rings. The Balaban J connectivity index is 2.25. The Hall–Kier alpha value is -0.410. The van der Waals surface area contributed by atoms with Crippen molar-refractivity contribution >= 4 is 11.3 Å². The van der Waals surface area contributed by atoms with Crippen LogP contribution in [-0.4, -0.2) is 4.98 Å². The summed E-state index contributed by atoms with van der Waals surface area (Å²) in [5.74, 6) is 0.533. The van der Waals surface area contributed by atoms with Crippen LogP contribution in [0.5, 0.6) is 0 Å². The number of rotatable bonds is 2. The summed E-state index contributed by atoms with van der Waals surface area (Å²) in [6.45, 7) is 4.33. The molecule has 1 fully saturated rings. The molecule has 12 heavy (non-hydrogen) atoms. The number of thiazole rings is 1. The van der Waals surface area contributed by atoms with Gasteiger partial charge in [-0.3, -0.25) is 0 Å². The Morgan fingerprint density at radius 2 is 2.25 bits per heavy atom. The summed E-state index contributed by atoms with van der Waals surface area (Å²) >= 11 is 1.73. The summed E-state index contributed by atoms with van der Waals surface area (Å²) in [6.07, 6.45) is 2.21. The molecule has 0 aliphatic heterocycles. The van der Waals surface area contributed by atoms with Crippen LogP contribution in [-0.2, 0) is 5.54 Å². The predicted molar refractivity (Wildman–Crippen MR) is 51.3 cm³/mol. The molecular formula is C9H14N2S. The Bertz CT molecular complexity index is 286. The van der Waals surface area contributed by atoms with E-state index in [1.165, 1.54) is 5.01 Å². The Morgan fingerprint density at radius 1 is 1.58 bits per heavy atom. The van der Waals surface area contributed by atoms with Crippen molar-refractivity contribution in [3.8, 4) is 0 Å². The maximum Gasteiger partial charge on any atom is 0.0954 e. The molecule has 2 nitrogen and oxygen atoms in total. The van der Waals surface area contributed by atoms with Crippen LogP contribution in [0.25, 0.3) is 0 Å². The molecule has 0 bridgehead atoms. The van der Waals surface area contributed by atoms with Crippen molar-refractivity contribution in [2.24, 2.45) is 5.73 Å². The average molecular weight is 182 g/mol. The van der Waals surface area contributed by atoms with Gasteiger partial charge in [-0.1, -0.05) is 13.8 Å². The summed E-state index contributed by atoms with van der Waals surface area (Å²) in [5.41, 5.74) is 7.08. The second-order valence-corrected chi connectivity index (χ2v) is 4.77. The van der Waals surface area contributed by atoms with Gasteiger partial charge in [0.05, 0.1) is 16.2 Å². The number of hydrogen-bond acceptors (Lipinski definition) is 3. The second kappa shape index (κ2) is 2.54. The average Bonchev–Trinajstić information content (AvgIpc) is 2.61. The summed E-state index contributed by atoms with van der Waals surface area (Å²) in [6, 6.07) is 0. The van der Waals surface area contributed by atoms with Gasteiger partial charge in [-0.25, -0.2) is 4.98 Å². The standard InChI is InChI=1S/C9H14N2S/c1-6(2)8-11-7(5-12-8)9(10)3-4-9/h5-6H,3-4,10H2,1-2H3. The van der Waals surface area contributed by atoms with Gasteiger partial charge < -0.3 is 5.73 Å². The van der Waals surface area contributed by atoms with Gasteiger partial charge in [0.1, 0.15) is 0 Å². The minimum atomic E-state index is -0.0519. The molecule has 66 valence electrons. The van der Waals surface area contributed by atoms with E-state index in [2.05, 4.69) is 24.2 Å². The minimum Gasteiger partial charge on any atom is -0.320 e. The fraction of sp³-hybridized carbons (Fsp3) is 0.667. The van der Waals surface area contributed by atoms with E-state index >= 15 is 0 Å². The zero-order chi connectivity index (χ0) is 8.77. The van der Waals surface area contributed by atoms with Crippen molar-refractivity contribution in [1.82, 2.24) is 4.98 Å². The zero-order valence-corrected chi connectivity index (χ0v) is 8.32. The highest BCUT2D eigenvalue weighted by molar-refractivity contribution is 7.09. The van der Waals surface area contributed by atoms with Gasteiger partial charge in [0.2, 0.25) is 0 Å². The molecular weight excluding hydrogens is 168 g/mol. The van der Waals surface area contributed by atoms with E-state index in [-0.39, 0.29) is 5.54 Å². The van der Waals surface area contributed by atoms with Crippen LogP contribution in [0, 0.1) is 0 Å². The van der Waals surface area contributed by atoms with Crippen LogP contribution < -0.4 is 5.73 Å². The predicted octanol–water partition coefficient (Wildman–Crippen LogP) is 2.21. The largest absolute Gasteiger partial charge is 0.320 e. The van der Waals surface area contributed by atoms with E-state index in [0.29, 0.717) is 5.92 Å². The van der Waals surface area contributed by atoms with Crippen LogP contribution >= 0.6 is 11.3 Å². The van der Waals surface area contributed by atoms with Gasteiger partial charge in [0.15, 0.2) is 0 Å². The summed E-state index contributed by atoms with van der Waals surface area (Å²) in [5, 5.41) is 3.32. The number of nitrogens with two attached hydrogens (primary N) is 1. The van der Waals surface area contributed by atoms with Crippen molar-refractivity contribution in [3.05, 3.63) is 16.1 Å². The van der Waals surface area contributed by atoms with E-state index in [0.717, 1.165) is 18.5 Å². The second-order valence-electron chi connectivity index (χ2n) is 3.88. The fourth-order valence-corrected chi connectivity index (χ4v) is 2.12. The molecule has 0 radical (unpaired) electrons. The topological polar surface area (TPSA) is 38.9 Å². The molecule has 2 N–H and O–H groups in total. The molecule has 0 amide bonds. The molecule has 1 aliphatic carbocycles. The van der Waals surface area contributed by atoms with Crippen molar-refractivity contribution in [1.29, 1.82) is 0 Å². The third-order valence-corrected chi connectivity index (χ3v) is 3.46. The van der Waals surface area contributed by atoms with Gasteiger partial charge in [-0.15, -0.1) is 11.3 Å². The molecule has 0 aromatic carbocycles. The first-order valence-corrected chi connectivity index (χ1v) is 5.24. The monoisotopic (exact) mass is 182 g/mol. The summed E-state index contributed by atoms with van der Waals surface area (Å²) in [7, 11) is 0. The van der Waals surface area contributed by atoms with E-state index in [1.807, 2.05) is 0 Å². The highest BCUT2D eigenvalue weighted by Crippen LogP contribution is 2.43. The third-order valence-electron chi connectivity index (χ3n) is 2.31. The highest BCUT2D eigenvalue weighted by Gasteiger charge is 2.42. The maximum absolute atomic E-state index is 6.03. The fourth-order valence-electron chi connectivity index (χ4n) is 1.17. The van der Waals surface area contributed by atoms with Crippen molar-refractivity contribution in [3.63, 3.8) is 0 Å². The third kappa shape index (κ3) is 1.27. The van der Waals surface area contributed by atoms with Crippen LogP contribution in [0.15, 0.2) is 5.38 Å². The molecule has 0 saturated heterocycles. The molecule has 0 atom stereocenters. The smallest absolute Gasteiger partial charge is 0.0954 e. The van der Waals surface area contributed by atoms with E-state index < -0.39 is 0 Å². The molecule has 1 aromatic rings. The van der Waals surface area contributed by atoms with E-state index in [1.54, 1.807) is 11.3 Å². The summed E-state index contributed by atoms with van der Waals surface area (Å²) in [4.78, 5) is 4.54. The van der Waals surface area contributed by atoms with Gasteiger partial charge in [-0.05, 0) is 12.8 Å². The molecule has 1 heterocycles.